The van der Waals surface area contributed by atoms with Gasteiger partial charge in [-0.25, -0.2) is 4.39 Å². The van der Waals surface area contributed by atoms with Gasteiger partial charge in [-0.3, -0.25) is 4.79 Å². The summed E-state index contributed by atoms with van der Waals surface area (Å²) in [6, 6.07) is 4.56. The summed E-state index contributed by atoms with van der Waals surface area (Å²) in [5.74, 6) is -0.785. The maximum Gasteiger partial charge on any atom is 0.237 e. The van der Waals surface area contributed by atoms with Crippen molar-refractivity contribution in [3.63, 3.8) is 0 Å². The summed E-state index contributed by atoms with van der Waals surface area (Å²) in [5, 5.41) is 2.67. The number of nitrogens with two attached hydrogens (primary N) is 1. The number of nitrogens with one attached hydrogen (secondary N) is 1. The highest BCUT2D eigenvalue weighted by atomic mass is 79.9. The molecule has 6 heteroatoms. The van der Waals surface area contributed by atoms with Gasteiger partial charge >= 0.3 is 0 Å². The Hall–Kier alpha value is -1.01. The van der Waals surface area contributed by atoms with Gasteiger partial charge in [0.2, 0.25) is 5.91 Å². The predicted octanol–water partition coefficient (Wildman–Crippen LogP) is 4.15. The molecule has 1 saturated carbocycles. The zero-order valence-electron chi connectivity index (χ0n) is 11.6. The normalized spacial score (nSPS) is 17.8. The molecule has 0 radical (unpaired) electrons. The van der Waals surface area contributed by atoms with Gasteiger partial charge in [-0.05, 0) is 40.9 Å². The first-order valence-corrected chi connectivity index (χ1v) is 8.23. The van der Waals surface area contributed by atoms with E-state index in [1.165, 1.54) is 6.07 Å². The van der Waals surface area contributed by atoms with E-state index < -0.39 is 11.2 Å². The Morgan fingerprint density at radius 3 is 2.43 bits per heavy atom. The summed E-state index contributed by atoms with van der Waals surface area (Å²) in [7, 11) is 0. The molecule has 3 nitrogen and oxygen atoms in total. The van der Waals surface area contributed by atoms with Crippen LogP contribution in [0.25, 0.3) is 0 Å². The molecule has 0 aliphatic heterocycles. The molecule has 2 rings (SSSR count). The lowest BCUT2D eigenvalue weighted by Crippen LogP contribution is -2.45. The van der Waals surface area contributed by atoms with Crippen LogP contribution >= 0.6 is 28.1 Å². The third kappa shape index (κ3) is 3.43. The molecular formula is C15H18BrFN2OS. The molecule has 0 atom stereocenters. The molecule has 1 aromatic rings. The van der Waals surface area contributed by atoms with E-state index >= 15 is 0 Å². The number of amides is 1. The van der Waals surface area contributed by atoms with E-state index in [-0.39, 0.29) is 16.6 Å². The number of halogens is 2. The van der Waals surface area contributed by atoms with Crippen LogP contribution in [0.15, 0.2) is 22.7 Å². The summed E-state index contributed by atoms with van der Waals surface area (Å²) in [6.45, 7) is 0. The van der Waals surface area contributed by atoms with E-state index in [0.717, 1.165) is 25.7 Å². The fraction of sp³-hybridized carbons (Fsp3) is 0.467. The van der Waals surface area contributed by atoms with Crippen LogP contribution in [0, 0.1) is 11.2 Å². The quantitative estimate of drug-likeness (QED) is 0.618. The number of hydrogen-bond donors (Lipinski definition) is 2. The van der Waals surface area contributed by atoms with Gasteiger partial charge in [0.25, 0.3) is 0 Å². The highest BCUT2D eigenvalue weighted by Crippen LogP contribution is 2.37. The molecule has 1 amide bonds. The Bertz CT molecular complexity index is 536. The molecular weight excluding hydrogens is 355 g/mol. The fourth-order valence-corrected chi connectivity index (χ4v) is 3.51. The number of carbonyl (C=O) groups excluding carboxylic acids is 1. The lowest BCUT2D eigenvalue weighted by Gasteiger charge is -2.30. The molecule has 0 spiro atoms. The van der Waals surface area contributed by atoms with Crippen LogP contribution in [0.5, 0.6) is 0 Å². The second-order valence-electron chi connectivity index (χ2n) is 5.41. The zero-order chi connectivity index (χ0) is 15.5. The Labute approximate surface area is 137 Å². The molecule has 1 aliphatic rings. The van der Waals surface area contributed by atoms with Crippen molar-refractivity contribution in [2.24, 2.45) is 11.1 Å². The van der Waals surface area contributed by atoms with Gasteiger partial charge < -0.3 is 11.1 Å². The first-order valence-electron chi connectivity index (χ1n) is 7.03. The highest BCUT2D eigenvalue weighted by molar-refractivity contribution is 9.10. The summed E-state index contributed by atoms with van der Waals surface area (Å²) >= 11 is 8.41. The summed E-state index contributed by atoms with van der Waals surface area (Å²) < 4.78 is 14.4. The lowest BCUT2D eigenvalue weighted by molar-refractivity contribution is -0.122. The Morgan fingerprint density at radius 2 is 1.90 bits per heavy atom. The molecule has 0 heterocycles. The van der Waals surface area contributed by atoms with Crippen LogP contribution in [-0.4, -0.2) is 10.9 Å². The van der Waals surface area contributed by atoms with Crippen molar-refractivity contribution in [1.29, 1.82) is 0 Å². The van der Waals surface area contributed by atoms with E-state index in [2.05, 4.69) is 21.2 Å². The zero-order valence-corrected chi connectivity index (χ0v) is 14.0. The number of benzene rings is 1. The highest BCUT2D eigenvalue weighted by Gasteiger charge is 2.41. The van der Waals surface area contributed by atoms with Crippen molar-refractivity contribution in [2.45, 2.75) is 38.5 Å². The Kier molecular flexibility index (Phi) is 5.32. The van der Waals surface area contributed by atoms with Crippen LogP contribution in [0.2, 0.25) is 0 Å². The Morgan fingerprint density at radius 1 is 1.29 bits per heavy atom. The minimum Gasteiger partial charge on any atom is -0.392 e. The van der Waals surface area contributed by atoms with Gasteiger partial charge in [-0.1, -0.05) is 44.0 Å². The van der Waals surface area contributed by atoms with E-state index in [1.807, 2.05) is 0 Å². The molecule has 114 valence electrons. The van der Waals surface area contributed by atoms with Crippen molar-refractivity contribution in [2.75, 3.05) is 5.32 Å². The van der Waals surface area contributed by atoms with Crippen molar-refractivity contribution in [1.82, 2.24) is 0 Å². The largest absolute Gasteiger partial charge is 0.392 e. The minimum atomic E-state index is -0.868. The number of hydrogen-bond acceptors (Lipinski definition) is 2. The van der Waals surface area contributed by atoms with Gasteiger partial charge in [0.15, 0.2) is 0 Å². The Balaban J connectivity index is 2.29. The first kappa shape index (κ1) is 16.4. The number of anilines is 1. The van der Waals surface area contributed by atoms with Crippen molar-refractivity contribution >= 4 is 44.7 Å². The van der Waals surface area contributed by atoms with Crippen LogP contribution in [0.3, 0.4) is 0 Å². The van der Waals surface area contributed by atoms with E-state index in [9.17, 15) is 9.18 Å². The topological polar surface area (TPSA) is 55.1 Å². The molecule has 21 heavy (non-hydrogen) atoms. The number of carbonyl (C=O) groups is 1. The van der Waals surface area contributed by atoms with Crippen molar-refractivity contribution < 1.29 is 9.18 Å². The van der Waals surface area contributed by atoms with E-state index in [1.54, 1.807) is 12.1 Å². The SMILES string of the molecule is NC(=S)C1(C(=O)Nc2c(F)cccc2Br)CCCCCC1. The van der Waals surface area contributed by atoms with Gasteiger partial charge in [0, 0.05) is 4.47 Å². The third-order valence-electron chi connectivity index (χ3n) is 4.06. The molecule has 3 N–H and O–H groups in total. The third-order valence-corrected chi connectivity index (χ3v) is 5.12. The summed E-state index contributed by atoms with van der Waals surface area (Å²) in [5.41, 5.74) is 5.14. The van der Waals surface area contributed by atoms with E-state index in [4.69, 9.17) is 18.0 Å². The van der Waals surface area contributed by atoms with Gasteiger partial charge in [-0.15, -0.1) is 0 Å². The average molecular weight is 373 g/mol. The minimum absolute atomic E-state index is 0.141. The number of para-hydroxylation sites is 1. The molecule has 1 aromatic carbocycles. The molecule has 0 saturated heterocycles. The number of rotatable bonds is 3. The van der Waals surface area contributed by atoms with Gasteiger partial charge in [0.1, 0.15) is 5.82 Å². The van der Waals surface area contributed by atoms with E-state index in [0.29, 0.717) is 17.3 Å². The van der Waals surface area contributed by atoms with Crippen molar-refractivity contribution in [3.8, 4) is 0 Å². The number of thiocarbonyl (C=S) groups is 1. The molecule has 1 aliphatic carbocycles. The average Bonchev–Trinajstić information content (AvgIpc) is 2.69. The molecule has 0 aromatic heterocycles. The van der Waals surface area contributed by atoms with Crippen molar-refractivity contribution in [3.05, 3.63) is 28.5 Å². The molecule has 1 fully saturated rings. The van der Waals surface area contributed by atoms with Crippen LogP contribution < -0.4 is 11.1 Å². The molecule has 0 bridgehead atoms. The first-order chi connectivity index (χ1) is 9.97. The predicted molar refractivity (Wildman–Crippen MR) is 89.7 cm³/mol. The standard InChI is InChI=1S/C15H18BrFN2OS/c16-10-6-5-7-11(17)12(10)19-14(20)15(13(18)21)8-3-1-2-4-9-15/h5-7H,1-4,8-9H2,(H2,18,21)(H,19,20). The summed E-state index contributed by atoms with van der Waals surface area (Å²) in [6.07, 6.45) is 5.20. The second-order valence-corrected chi connectivity index (χ2v) is 6.71. The second kappa shape index (κ2) is 6.83. The molecule has 0 unspecified atom stereocenters. The summed E-state index contributed by atoms with van der Waals surface area (Å²) in [4.78, 5) is 12.9. The van der Waals surface area contributed by atoms with Crippen LogP contribution in [0.1, 0.15) is 38.5 Å². The lowest BCUT2D eigenvalue weighted by atomic mass is 9.79. The maximum atomic E-state index is 13.9. The smallest absolute Gasteiger partial charge is 0.237 e. The van der Waals surface area contributed by atoms with Crippen LogP contribution in [0.4, 0.5) is 10.1 Å². The fourth-order valence-electron chi connectivity index (χ4n) is 2.77. The van der Waals surface area contributed by atoms with Gasteiger partial charge in [-0.2, -0.15) is 0 Å². The van der Waals surface area contributed by atoms with Gasteiger partial charge in [0.05, 0.1) is 16.1 Å². The monoisotopic (exact) mass is 372 g/mol. The maximum absolute atomic E-state index is 13.9. The van der Waals surface area contributed by atoms with Crippen LogP contribution in [-0.2, 0) is 4.79 Å².